The van der Waals surface area contributed by atoms with Crippen LogP contribution in [0.2, 0.25) is 0 Å². The molecule has 0 unspecified atom stereocenters. The fourth-order valence-electron chi connectivity index (χ4n) is 2.25. The van der Waals surface area contributed by atoms with Crippen molar-refractivity contribution in [2.24, 2.45) is 0 Å². The third-order valence-corrected chi connectivity index (χ3v) is 4.90. The smallest absolute Gasteiger partial charge is 0.237 e. The predicted octanol–water partition coefficient (Wildman–Crippen LogP) is 5.32. The predicted molar refractivity (Wildman–Crippen MR) is 95.5 cm³/mol. The monoisotopic (exact) mass is 313 g/mol. The second-order valence-electron chi connectivity index (χ2n) is 5.46. The molecule has 0 bridgehead atoms. The molecule has 116 valence electrons. The molecule has 0 aliphatic rings. The zero-order valence-electron chi connectivity index (χ0n) is 13.4. The first-order valence-electron chi connectivity index (χ1n) is 7.73. The van der Waals surface area contributed by atoms with Crippen LogP contribution >= 0.6 is 11.8 Å². The Kier molecular flexibility index (Phi) is 6.08. The number of thioether (sulfide) groups is 1. The summed E-state index contributed by atoms with van der Waals surface area (Å²) < 4.78 is 0. The van der Waals surface area contributed by atoms with E-state index in [9.17, 15) is 4.79 Å². The first-order chi connectivity index (χ1) is 10.6. The summed E-state index contributed by atoms with van der Waals surface area (Å²) in [6.07, 6.45) is 1.06. The SMILES string of the molecule is CC[C@@H](C)c1ccccc1NC(=O)[C@H](C)Sc1ccccc1. The average molecular weight is 313 g/mol. The summed E-state index contributed by atoms with van der Waals surface area (Å²) in [6, 6.07) is 18.1. The van der Waals surface area contributed by atoms with Crippen LogP contribution < -0.4 is 5.32 Å². The Morgan fingerprint density at radius 2 is 1.68 bits per heavy atom. The molecule has 22 heavy (non-hydrogen) atoms. The van der Waals surface area contributed by atoms with E-state index in [1.165, 1.54) is 5.56 Å². The number of anilines is 1. The van der Waals surface area contributed by atoms with Gasteiger partial charge in [-0.15, -0.1) is 11.8 Å². The van der Waals surface area contributed by atoms with Gasteiger partial charge in [-0.2, -0.15) is 0 Å². The third kappa shape index (κ3) is 4.38. The van der Waals surface area contributed by atoms with Crippen molar-refractivity contribution in [2.45, 2.75) is 43.3 Å². The van der Waals surface area contributed by atoms with Gasteiger partial charge in [0.2, 0.25) is 5.91 Å². The Hall–Kier alpha value is -1.74. The topological polar surface area (TPSA) is 29.1 Å². The summed E-state index contributed by atoms with van der Waals surface area (Å²) in [6.45, 7) is 6.29. The number of carbonyl (C=O) groups is 1. The van der Waals surface area contributed by atoms with Crippen LogP contribution in [0.5, 0.6) is 0 Å². The van der Waals surface area contributed by atoms with Crippen LogP contribution in [0, 0.1) is 0 Å². The molecule has 0 aliphatic carbocycles. The standard InChI is InChI=1S/C19H23NOS/c1-4-14(2)17-12-8-9-13-18(17)20-19(21)15(3)22-16-10-6-5-7-11-16/h5-15H,4H2,1-3H3,(H,20,21)/t14-,15+/m1/s1. The minimum Gasteiger partial charge on any atom is -0.325 e. The van der Waals surface area contributed by atoms with Crippen molar-refractivity contribution >= 4 is 23.4 Å². The molecule has 0 saturated carbocycles. The van der Waals surface area contributed by atoms with Gasteiger partial charge in [-0.1, -0.05) is 50.2 Å². The van der Waals surface area contributed by atoms with Gasteiger partial charge in [-0.3, -0.25) is 4.79 Å². The van der Waals surface area contributed by atoms with E-state index in [4.69, 9.17) is 0 Å². The number of nitrogens with one attached hydrogen (secondary N) is 1. The number of rotatable bonds is 6. The van der Waals surface area contributed by atoms with Gasteiger partial charge in [-0.05, 0) is 43.0 Å². The quantitative estimate of drug-likeness (QED) is 0.731. The molecule has 2 atom stereocenters. The highest BCUT2D eigenvalue weighted by molar-refractivity contribution is 8.00. The molecule has 2 rings (SSSR count). The van der Waals surface area contributed by atoms with Crippen molar-refractivity contribution in [1.82, 2.24) is 0 Å². The Morgan fingerprint density at radius 1 is 1.05 bits per heavy atom. The van der Waals surface area contributed by atoms with Gasteiger partial charge >= 0.3 is 0 Å². The molecule has 0 aliphatic heterocycles. The summed E-state index contributed by atoms with van der Waals surface area (Å²) in [5.41, 5.74) is 2.14. The molecule has 0 saturated heterocycles. The second-order valence-corrected chi connectivity index (χ2v) is 6.87. The van der Waals surface area contributed by atoms with E-state index in [0.717, 1.165) is 17.0 Å². The largest absolute Gasteiger partial charge is 0.325 e. The van der Waals surface area contributed by atoms with Crippen LogP contribution in [0.15, 0.2) is 59.5 Å². The Morgan fingerprint density at radius 3 is 2.36 bits per heavy atom. The third-order valence-electron chi connectivity index (χ3n) is 3.79. The average Bonchev–Trinajstić information content (AvgIpc) is 2.55. The summed E-state index contributed by atoms with van der Waals surface area (Å²) >= 11 is 1.58. The number of para-hydroxylation sites is 1. The van der Waals surface area contributed by atoms with E-state index in [1.807, 2.05) is 55.5 Å². The number of hydrogen-bond donors (Lipinski definition) is 1. The van der Waals surface area contributed by atoms with Crippen molar-refractivity contribution in [3.8, 4) is 0 Å². The molecular formula is C19H23NOS. The molecule has 0 radical (unpaired) electrons. The Balaban J connectivity index is 2.05. The Bertz CT molecular complexity index is 612. The summed E-state index contributed by atoms with van der Waals surface area (Å²) in [7, 11) is 0. The van der Waals surface area contributed by atoms with Crippen LogP contribution in [-0.2, 0) is 4.79 Å². The summed E-state index contributed by atoms with van der Waals surface area (Å²) in [4.78, 5) is 13.6. The maximum absolute atomic E-state index is 12.4. The fraction of sp³-hybridized carbons (Fsp3) is 0.316. The number of amides is 1. The van der Waals surface area contributed by atoms with E-state index in [0.29, 0.717) is 5.92 Å². The lowest BCUT2D eigenvalue weighted by molar-refractivity contribution is -0.115. The molecule has 0 spiro atoms. The van der Waals surface area contributed by atoms with Gasteiger partial charge in [-0.25, -0.2) is 0 Å². The van der Waals surface area contributed by atoms with E-state index < -0.39 is 0 Å². The lowest BCUT2D eigenvalue weighted by atomic mass is 9.97. The van der Waals surface area contributed by atoms with Crippen molar-refractivity contribution in [3.63, 3.8) is 0 Å². The molecule has 2 aromatic carbocycles. The number of benzene rings is 2. The zero-order chi connectivity index (χ0) is 15.9. The highest BCUT2D eigenvalue weighted by Crippen LogP contribution is 2.28. The second kappa shape index (κ2) is 8.04. The van der Waals surface area contributed by atoms with Crippen molar-refractivity contribution < 1.29 is 4.79 Å². The molecule has 3 heteroatoms. The molecular weight excluding hydrogens is 290 g/mol. The van der Waals surface area contributed by atoms with Gasteiger partial charge in [0, 0.05) is 10.6 Å². The van der Waals surface area contributed by atoms with Crippen molar-refractivity contribution in [2.75, 3.05) is 5.32 Å². The van der Waals surface area contributed by atoms with Crippen molar-refractivity contribution in [3.05, 3.63) is 60.2 Å². The molecule has 0 fully saturated rings. The van der Waals surface area contributed by atoms with Gasteiger partial charge < -0.3 is 5.32 Å². The highest BCUT2D eigenvalue weighted by atomic mass is 32.2. The highest BCUT2D eigenvalue weighted by Gasteiger charge is 2.17. The van der Waals surface area contributed by atoms with Crippen LogP contribution in [0.4, 0.5) is 5.69 Å². The first kappa shape index (κ1) is 16.6. The minimum absolute atomic E-state index is 0.0459. The molecule has 1 N–H and O–H groups in total. The van der Waals surface area contributed by atoms with Crippen LogP contribution in [0.25, 0.3) is 0 Å². The van der Waals surface area contributed by atoms with Crippen molar-refractivity contribution in [1.29, 1.82) is 0 Å². The summed E-state index contributed by atoms with van der Waals surface area (Å²) in [5.74, 6) is 0.484. The van der Waals surface area contributed by atoms with E-state index >= 15 is 0 Å². The number of hydrogen-bond acceptors (Lipinski definition) is 2. The number of carbonyl (C=O) groups excluding carboxylic acids is 1. The van der Waals surface area contributed by atoms with Gasteiger partial charge in [0.1, 0.15) is 0 Å². The fourth-order valence-corrected chi connectivity index (χ4v) is 3.14. The normalized spacial score (nSPS) is 13.4. The van der Waals surface area contributed by atoms with Crippen LogP contribution in [0.1, 0.15) is 38.7 Å². The van der Waals surface area contributed by atoms with Crippen LogP contribution in [0.3, 0.4) is 0 Å². The maximum atomic E-state index is 12.4. The van der Waals surface area contributed by atoms with Gasteiger partial charge in [0.25, 0.3) is 0 Å². The van der Waals surface area contributed by atoms with Gasteiger partial charge in [0.15, 0.2) is 0 Å². The lowest BCUT2D eigenvalue weighted by Crippen LogP contribution is -2.23. The molecule has 0 aromatic heterocycles. The molecule has 2 nitrogen and oxygen atoms in total. The van der Waals surface area contributed by atoms with E-state index in [2.05, 4.69) is 25.2 Å². The minimum atomic E-state index is -0.132. The maximum Gasteiger partial charge on any atom is 0.237 e. The van der Waals surface area contributed by atoms with Crippen LogP contribution in [-0.4, -0.2) is 11.2 Å². The zero-order valence-corrected chi connectivity index (χ0v) is 14.2. The van der Waals surface area contributed by atoms with Gasteiger partial charge in [0.05, 0.1) is 5.25 Å². The molecule has 2 aromatic rings. The Labute approximate surface area is 137 Å². The summed E-state index contributed by atoms with van der Waals surface area (Å²) in [5, 5.41) is 2.95. The first-order valence-corrected chi connectivity index (χ1v) is 8.61. The van der Waals surface area contributed by atoms with E-state index in [1.54, 1.807) is 11.8 Å². The lowest BCUT2D eigenvalue weighted by Gasteiger charge is -2.17. The van der Waals surface area contributed by atoms with E-state index in [-0.39, 0.29) is 11.2 Å². The molecule has 1 amide bonds. The molecule has 0 heterocycles.